The van der Waals surface area contributed by atoms with Gasteiger partial charge >= 0.3 is 0 Å². The Bertz CT molecular complexity index is 860. The van der Waals surface area contributed by atoms with Crippen molar-refractivity contribution in [2.24, 2.45) is 16.6 Å². The highest BCUT2D eigenvalue weighted by Crippen LogP contribution is 2.29. The molecule has 1 fully saturated rings. The quantitative estimate of drug-likeness (QED) is 0.585. The number of nitrogens with one attached hydrogen (secondary N) is 1. The van der Waals surface area contributed by atoms with E-state index < -0.39 is 11.6 Å². The third kappa shape index (κ3) is 4.62. The number of guanidine groups is 1. The van der Waals surface area contributed by atoms with Crippen molar-refractivity contribution >= 4 is 17.3 Å². The summed E-state index contributed by atoms with van der Waals surface area (Å²) >= 11 is 0. The number of nitrogens with two attached hydrogens (primary N) is 1. The third-order valence-electron chi connectivity index (χ3n) is 4.73. The molecule has 1 heterocycles. The molecule has 1 saturated heterocycles. The topological polar surface area (TPSA) is 72.1 Å². The van der Waals surface area contributed by atoms with Crippen molar-refractivity contribution in [2.75, 3.05) is 44.1 Å². The Balaban J connectivity index is 1.56. The molecule has 150 valence electrons. The molecule has 0 amide bonds. The van der Waals surface area contributed by atoms with Gasteiger partial charge in [0.05, 0.1) is 14.2 Å². The first-order chi connectivity index (χ1) is 13.5. The van der Waals surface area contributed by atoms with Crippen molar-refractivity contribution < 1.29 is 18.3 Å². The van der Waals surface area contributed by atoms with Crippen LogP contribution in [0.5, 0.6) is 11.5 Å². The zero-order valence-corrected chi connectivity index (χ0v) is 15.9. The SMILES string of the molecule is COc1ccc(NC(N)=NCC2CCN(c3ccc(F)c(F)c3)C2)cc1OC. The van der Waals surface area contributed by atoms with Crippen molar-refractivity contribution in [1.29, 1.82) is 0 Å². The molecular formula is C20H24F2N4O2. The molecule has 2 aromatic carbocycles. The predicted molar refractivity (Wildman–Crippen MR) is 106 cm³/mol. The third-order valence-corrected chi connectivity index (χ3v) is 4.73. The molecule has 0 bridgehead atoms. The smallest absolute Gasteiger partial charge is 0.193 e. The average molecular weight is 390 g/mol. The van der Waals surface area contributed by atoms with Crippen molar-refractivity contribution in [1.82, 2.24) is 0 Å². The highest BCUT2D eigenvalue weighted by atomic mass is 19.2. The average Bonchev–Trinajstić information content (AvgIpc) is 3.17. The molecule has 3 rings (SSSR count). The van der Waals surface area contributed by atoms with Gasteiger partial charge < -0.3 is 25.4 Å². The van der Waals surface area contributed by atoms with Gasteiger partial charge in [-0.3, -0.25) is 4.99 Å². The number of anilines is 2. The fourth-order valence-electron chi connectivity index (χ4n) is 3.23. The lowest BCUT2D eigenvalue weighted by Gasteiger charge is -2.18. The van der Waals surface area contributed by atoms with E-state index in [4.69, 9.17) is 15.2 Å². The first-order valence-corrected chi connectivity index (χ1v) is 8.99. The highest BCUT2D eigenvalue weighted by molar-refractivity contribution is 5.92. The first-order valence-electron chi connectivity index (χ1n) is 8.99. The second-order valence-corrected chi connectivity index (χ2v) is 6.62. The van der Waals surface area contributed by atoms with Crippen molar-refractivity contribution in [2.45, 2.75) is 6.42 Å². The zero-order valence-electron chi connectivity index (χ0n) is 15.9. The van der Waals surface area contributed by atoms with Gasteiger partial charge in [0, 0.05) is 43.1 Å². The molecule has 0 saturated carbocycles. The maximum atomic E-state index is 13.4. The van der Waals surface area contributed by atoms with E-state index in [1.54, 1.807) is 32.4 Å². The summed E-state index contributed by atoms with van der Waals surface area (Å²) in [6.07, 6.45) is 0.909. The van der Waals surface area contributed by atoms with Crippen LogP contribution >= 0.6 is 0 Å². The Kier molecular flexibility index (Phi) is 6.18. The molecule has 2 aromatic rings. The van der Waals surface area contributed by atoms with Gasteiger partial charge in [0.1, 0.15) is 0 Å². The zero-order chi connectivity index (χ0) is 20.1. The Morgan fingerprint density at radius 2 is 1.93 bits per heavy atom. The minimum atomic E-state index is -0.835. The molecule has 0 radical (unpaired) electrons. The van der Waals surface area contributed by atoms with Gasteiger partial charge in [0.25, 0.3) is 0 Å². The number of rotatable bonds is 6. The second kappa shape index (κ2) is 8.77. The Morgan fingerprint density at radius 3 is 2.64 bits per heavy atom. The molecule has 1 aliphatic rings. The second-order valence-electron chi connectivity index (χ2n) is 6.62. The van der Waals surface area contributed by atoms with E-state index >= 15 is 0 Å². The van der Waals surface area contributed by atoms with E-state index in [9.17, 15) is 8.78 Å². The lowest BCUT2D eigenvalue weighted by Crippen LogP contribution is -2.25. The number of halogens is 2. The fraction of sp³-hybridized carbons (Fsp3) is 0.350. The number of ether oxygens (including phenoxy) is 2. The van der Waals surface area contributed by atoms with Crippen molar-refractivity contribution in [3.8, 4) is 11.5 Å². The number of benzene rings is 2. The van der Waals surface area contributed by atoms with Crippen LogP contribution in [0, 0.1) is 17.6 Å². The summed E-state index contributed by atoms with van der Waals surface area (Å²) in [4.78, 5) is 6.44. The van der Waals surface area contributed by atoms with Crippen LogP contribution in [0.3, 0.4) is 0 Å². The number of methoxy groups -OCH3 is 2. The number of hydrogen-bond acceptors (Lipinski definition) is 4. The van der Waals surface area contributed by atoms with Gasteiger partial charge in [-0.05, 0) is 36.6 Å². The number of aliphatic imine (C=N–C) groups is 1. The van der Waals surface area contributed by atoms with Crippen molar-refractivity contribution in [3.05, 3.63) is 48.0 Å². The van der Waals surface area contributed by atoms with Crippen LogP contribution in [-0.4, -0.2) is 39.8 Å². The van der Waals surface area contributed by atoms with Crippen LogP contribution in [0.15, 0.2) is 41.4 Å². The van der Waals surface area contributed by atoms with Gasteiger partial charge in [-0.2, -0.15) is 0 Å². The number of nitrogens with zero attached hydrogens (tertiary/aromatic N) is 2. The first kappa shape index (κ1) is 19.7. The molecule has 6 nitrogen and oxygen atoms in total. The molecule has 28 heavy (non-hydrogen) atoms. The maximum absolute atomic E-state index is 13.4. The molecule has 0 aliphatic carbocycles. The van der Waals surface area contributed by atoms with Gasteiger partial charge in [0.2, 0.25) is 0 Å². The lowest BCUT2D eigenvalue weighted by molar-refractivity contribution is 0.355. The van der Waals surface area contributed by atoms with Gasteiger partial charge in [-0.25, -0.2) is 8.78 Å². The highest BCUT2D eigenvalue weighted by Gasteiger charge is 2.23. The minimum absolute atomic E-state index is 0.291. The minimum Gasteiger partial charge on any atom is -0.493 e. The largest absolute Gasteiger partial charge is 0.493 e. The van der Waals surface area contributed by atoms with Gasteiger partial charge in [0.15, 0.2) is 29.1 Å². The molecule has 1 unspecified atom stereocenters. The molecule has 0 aromatic heterocycles. The maximum Gasteiger partial charge on any atom is 0.193 e. The summed E-state index contributed by atoms with van der Waals surface area (Å²) in [5, 5.41) is 3.04. The fourth-order valence-corrected chi connectivity index (χ4v) is 3.23. The molecule has 8 heteroatoms. The van der Waals surface area contributed by atoms with Crippen LogP contribution < -0.4 is 25.4 Å². The van der Waals surface area contributed by atoms with E-state index in [0.717, 1.165) is 31.3 Å². The monoisotopic (exact) mass is 390 g/mol. The van der Waals surface area contributed by atoms with Gasteiger partial charge in [-0.15, -0.1) is 0 Å². The molecular weight excluding hydrogens is 366 g/mol. The Hall–Kier alpha value is -3.03. The van der Waals surface area contributed by atoms with E-state index in [1.165, 1.54) is 6.07 Å². The molecule has 0 spiro atoms. The summed E-state index contributed by atoms with van der Waals surface area (Å²) in [6.45, 7) is 2.04. The van der Waals surface area contributed by atoms with Crippen LogP contribution in [0.2, 0.25) is 0 Å². The summed E-state index contributed by atoms with van der Waals surface area (Å²) in [5.41, 5.74) is 7.42. The number of hydrogen-bond donors (Lipinski definition) is 2. The van der Waals surface area contributed by atoms with Crippen LogP contribution in [-0.2, 0) is 0 Å². The van der Waals surface area contributed by atoms with Crippen LogP contribution in [0.25, 0.3) is 0 Å². The molecule has 1 aliphatic heterocycles. The molecule has 3 N–H and O–H groups in total. The van der Waals surface area contributed by atoms with E-state index in [2.05, 4.69) is 10.3 Å². The van der Waals surface area contributed by atoms with E-state index in [-0.39, 0.29) is 0 Å². The Morgan fingerprint density at radius 1 is 1.14 bits per heavy atom. The van der Waals surface area contributed by atoms with Crippen LogP contribution in [0.4, 0.5) is 20.2 Å². The summed E-state index contributed by atoms with van der Waals surface area (Å²) in [5.74, 6) is 0.155. The summed E-state index contributed by atoms with van der Waals surface area (Å²) in [7, 11) is 3.14. The predicted octanol–water partition coefficient (Wildman–Crippen LogP) is 3.24. The van der Waals surface area contributed by atoms with Crippen LogP contribution in [0.1, 0.15) is 6.42 Å². The summed E-state index contributed by atoms with van der Waals surface area (Å²) in [6, 6.07) is 9.36. The standard InChI is InChI=1S/C20H24F2N4O2/c1-27-18-6-3-14(9-19(18)28-2)25-20(23)24-11-13-7-8-26(12-13)15-4-5-16(21)17(22)10-15/h3-6,9-10,13H,7-8,11-12H2,1-2H3,(H3,23,24,25). The van der Waals surface area contributed by atoms with E-state index in [0.29, 0.717) is 35.6 Å². The normalized spacial score (nSPS) is 16.9. The summed E-state index contributed by atoms with van der Waals surface area (Å²) < 4.78 is 37.0. The molecule has 1 atom stereocenters. The lowest BCUT2D eigenvalue weighted by atomic mass is 10.1. The van der Waals surface area contributed by atoms with E-state index in [1.807, 2.05) is 11.0 Å². The Labute approximate surface area is 163 Å². The van der Waals surface area contributed by atoms with Crippen molar-refractivity contribution in [3.63, 3.8) is 0 Å². The van der Waals surface area contributed by atoms with Gasteiger partial charge in [-0.1, -0.05) is 0 Å².